The predicted molar refractivity (Wildman–Crippen MR) is 158 cm³/mol. The molecule has 0 radical (unpaired) electrons. The van der Waals surface area contributed by atoms with Crippen molar-refractivity contribution in [1.82, 2.24) is 14.8 Å². The molecule has 228 valence electrons. The lowest BCUT2D eigenvalue weighted by molar-refractivity contribution is -0.201. The first kappa shape index (κ1) is 31.5. The molecule has 1 aromatic carbocycles. The van der Waals surface area contributed by atoms with Gasteiger partial charge in [0, 0.05) is 37.2 Å². The highest BCUT2D eigenvalue weighted by molar-refractivity contribution is 6.74. The highest BCUT2D eigenvalue weighted by Crippen LogP contribution is 2.49. The minimum atomic E-state index is -4.72. The van der Waals surface area contributed by atoms with E-state index in [4.69, 9.17) is 9.16 Å². The van der Waals surface area contributed by atoms with Crippen LogP contribution in [0.2, 0.25) is 18.1 Å². The molecule has 1 atom stereocenters. The first-order chi connectivity index (χ1) is 19.5. The third kappa shape index (κ3) is 6.31. The highest BCUT2D eigenvalue weighted by atomic mass is 28.4. The Bertz CT molecular complexity index is 1510. The van der Waals surface area contributed by atoms with Crippen molar-refractivity contribution in [3.63, 3.8) is 0 Å². The van der Waals surface area contributed by atoms with E-state index < -0.39 is 25.6 Å². The first-order valence-corrected chi connectivity index (χ1v) is 16.8. The van der Waals surface area contributed by atoms with Gasteiger partial charge >= 0.3 is 6.18 Å². The predicted octanol–water partition coefficient (Wildman–Crippen LogP) is 7.29. The molecule has 1 aliphatic rings. The van der Waals surface area contributed by atoms with Crippen molar-refractivity contribution in [2.45, 2.75) is 77.4 Å². The van der Waals surface area contributed by atoms with Gasteiger partial charge in [0.25, 0.3) is 0 Å². The van der Waals surface area contributed by atoms with Crippen LogP contribution in [0.4, 0.5) is 30.5 Å². The van der Waals surface area contributed by atoms with Gasteiger partial charge in [-0.3, -0.25) is 14.3 Å². The van der Waals surface area contributed by atoms with Crippen LogP contribution in [0.1, 0.15) is 69.0 Å². The molecule has 1 saturated carbocycles. The maximum atomic E-state index is 14.6. The third-order valence-electron chi connectivity index (χ3n) is 7.98. The molecule has 1 amide bonds. The van der Waals surface area contributed by atoms with Crippen molar-refractivity contribution < 1.29 is 31.9 Å². The number of fused-ring (bicyclic) bond motifs is 1. The Hall–Kier alpha value is -3.45. The number of halogens is 3. The van der Waals surface area contributed by atoms with Crippen molar-refractivity contribution in [2.24, 2.45) is 13.0 Å². The minimum absolute atomic E-state index is 0.0381. The number of aryl methyl sites for hydroxylation is 1. The lowest BCUT2D eigenvalue weighted by Crippen LogP contribution is -2.44. The van der Waals surface area contributed by atoms with Gasteiger partial charge in [0.05, 0.1) is 29.3 Å². The summed E-state index contributed by atoms with van der Waals surface area (Å²) in [5.41, 5.74) is 0.895. The van der Waals surface area contributed by atoms with Crippen molar-refractivity contribution >= 4 is 48.2 Å². The summed E-state index contributed by atoms with van der Waals surface area (Å²) in [5, 5.41) is 10.2. The Morgan fingerprint density at radius 1 is 1.19 bits per heavy atom. The SMILES string of the molecule is CCC(=O)c1cnc(NC(=O)C2CC2)cc1Nc1nn(C)c2ccc(C(O[Si](C)(C)C(C)(C)C)C(F)(F)F)c(OC)c12. The second kappa shape index (κ2) is 11.3. The summed E-state index contributed by atoms with van der Waals surface area (Å²) in [6, 6.07) is 4.44. The molecular weight excluding hydrogens is 567 g/mol. The molecule has 0 saturated heterocycles. The summed E-state index contributed by atoms with van der Waals surface area (Å²) < 4.78 is 56.9. The van der Waals surface area contributed by atoms with Crippen molar-refractivity contribution in [1.29, 1.82) is 0 Å². The number of hydrogen-bond donors (Lipinski definition) is 2. The van der Waals surface area contributed by atoms with E-state index in [1.807, 2.05) is 20.8 Å². The molecule has 1 fully saturated rings. The van der Waals surface area contributed by atoms with Gasteiger partial charge < -0.3 is 19.8 Å². The van der Waals surface area contributed by atoms with Crippen LogP contribution in [0.3, 0.4) is 0 Å². The number of carbonyl (C=O) groups is 2. The molecule has 42 heavy (non-hydrogen) atoms. The van der Waals surface area contributed by atoms with E-state index in [1.165, 1.54) is 30.1 Å². The molecule has 1 aliphatic carbocycles. The number of carbonyl (C=O) groups excluding carboxylic acids is 2. The quantitative estimate of drug-likeness (QED) is 0.185. The number of rotatable bonds is 10. The van der Waals surface area contributed by atoms with Crippen LogP contribution in [0, 0.1) is 5.92 Å². The number of aromatic nitrogens is 3. The molecule has 4 rings (SSSR count). The second-order valence-corrected chi connectivity index (χ2v) is 16.9. The maximum Gasteiger partial charge on any atom is 0.417 e. The normalized spacial score (nSPS) is 15.0. The molecule has 2 aromatic heterocycles. The van der Waals surface area contributed by atoms with Crippen molar-refractivity contribution in [3.8, 4) is 5.75 Å². The number of anilines is 3. The zero-order chi connectivity index (χ0) is 31.2. The summed E-state index contributed by atoms with van der Waals surface area (Å²) in [4.78, 5) is 29.4. The van der Waals surface area contributed by atoms with Crippen LogP contribution in [0.5, 0.6) is 5.75 Å². The van der Waals surface area contributed by atoms with E-state index in [-0.39, 0.29) is 52.5 Å². The zero-order valence-corrected chi connectivity index (χ0v) is 26.2. The van der Waals surface area contributed by atoms with Gasteiger partial charge in [-0.15, -0.1) is 0 Å². The van der Waals surface area contributed by atoms with E-state index in [0.717, 1.165) is 12.8 Å². The Morgan fingerprint density at radius 3 is 2.40 bits per heavy atom. The van der Waals surface area contributed by atoms with Crippen molar-refractivity contribution in [3.05, 3.63) is 35.5 Å². The summed E-state index contributed by atoms with van der Waals surface area (Å²) in [6.45, 7) is 10.9. The summed E-state index contributed by atoms with van der Waals surface area (Å²) in [7, 11) is 0.0911. The van der Waals surface area contributed by atoms with Gasteiger partial charge in [-0.1, -0.05) is 33.8 Å². The van der Waals surface area contributed by atoms with E-state index >= 15 is 0 Å². The van der Waals surface area contributed by atoms with E-state index in [9.17, 15) is 22.8 Å². The van der Waals surface area contributed by atoms with Gasteiger partial charge in [0.15, 0.2) is 26.0 Å². The highest BCUT2D eigenvalue weighted by Gasteiger charge is 2.50. The Balaban J connectivity index is 1.85. The Morgan fingerprint density at radius 2 is 1.86 bits per heavy atom. The van der Waals surface area contributed by atoms with Gasteiger partial charge in [0.2, 0.25) is 5.91 Å². The van der Waals surface area contributed by atoms with Crippen LogP contribution in [0.25, 0.3) is 10.9 Å². The van der Waals surface area contributed by atoms with E-state index in [0.29, 0.717) is 16.6 Å². The molecule has 0 bridgehead atoms. The molecule has 13 heteroatoms. The molecular formula is C29H38F3N5O4Si. The molecule has 1 unspecified atom stereocenters. The number of amides is 1. The van der Waals surface area contributed by atoms with Gasteiger partial charge in [-0.05, 0) is 37.0 Å². The average molecular weight is 606 g/mol. The fourth-order valence-electron chi connectivity index (χ4n) is 4.37. The number of ketones is 1. The number of pyridine rings is 1. The monoisotopic (exact) mass is 605 g/mol. The average Bonchev–Trinajstić information content (AvgIpc) is 3.70. The number of ether oxygens (including phenoxy) is 1. The molecule has 9 nitrogen and oxygen atoms in total. The zero-order valence-electron chi connectivity index (χ0n) is 25.2. The fourth-order valence-corrected chi connectivity index (χ4v) is 5.58. The fraction of sp³-hybridized carbons (Fsp3) is 0.517. The second-order valence-electron chi connectivity index (χ2n) is 12.1. The van der Waals surface area contributed by atoms with Crippen LogP contribution >= 0.6 is 0 Å². The smallest absolute Gasteiger partial charge is 0.417 e. The number of hydrogen-bond acceptors (Lipinski definition) is 7. The molecule has 0 spiro atoms. The van der Waals surface area contributed by atoms with E-state index in [2.05, 4.69) is 20.7 Å². The van der Waals surface area contributed by atoms with Crippen LogP contribution in [0.15, 0.2) is 24.4 Å². The molecule has 0 aliphatic heterocycles. The molecule has 2 heterocycles. The largest absolute Gasteiger partial charge is 0.496 e. The van der Waals surface area contributed by atoms with Gasteiger partial charge in [0.1, 0.15) is 11.6 Å². The van der Waals surface area contributed by atoms with E-state index in [1.54, 1.807) is 33.1 Å². The van der Waals surface area contributed by atoms with Crippen LogP contribution in [-0.2, 0) is 16.3 Å². The molecule has 3 aromatic rings. The number of nitrogens with one attached hydrogen (secondary N) is 2. The Labute approximate surface area is 244 Å². The van der Waals surface area contributed by atoms with Crippen molar-refractivity contribution in [2.75, 3.05) is 17.7 Å². The third-order valence-corrected chi connectivity index (χ3v) is 12.4. The number of alkyl halides is 3. The lowest BCUT2D eigenvalue weighted by Gasteiger charge is -2.40. The Kier molecular flexibility index (Phi) is 8.49. The minimum Gasteiger partial charge on any atom is -0.496 e. The van der Waals surface area contributed by atoms with Gasteiger partial charge in [-0.25, -0.2) is 4.98 Å². The summed E-state index contributed by atoms with van der Waals surface area (Å²) in [5.74, 6) is -0.0398. The number of Topliss-reactive ketones (excluding diaryl/α,β-unsaturated/α-hetero) is 1. The summed E-state index contributed by atoms with van der Waals surface area (Å²) in [6.07, 6.45) is -3.76. The summed E-state index contributed by atoms with van der Waals surface area (Å²) >= 11 is 0. The first-order valence-electron chi connectivity index (χ1n) is 13.9. The lowest BCUT2D eigenvalue weighted by atomic mass is 10.0. The number of methoxy groups -OCH3 is 1. The maximum absolute atomic E-state index is 14.6. The van der Waals surface area contributed by atoms with Crippen LogP contribution in [-0.4, -0.2) is 48.1 Å². The number of nitrogens with zero attached hydrogens (tertiary/aromatic N) is 3. The standard InChI is InChI=1S/C29H38F3N5O4Si/c1-9-21(38)18-15-33-22(35-27(39)16-10-11-16)14-19(18)34-26-23-20(37(5)36-26)13-12-17(24(23)40-6)25(29(30,31)32)41-42(7,8)28(2,3)4/h12-16,25H,9-11H2,1-8H3,(H2,33,34,35,36,39). The van der Waals surface area contributed by atoms with Gasteiger partial charge in [-0.2, -0.15) is 18.3 Å². The van der Waals surface area contributed by atoms with Crippen LogP contribution < -0.4 is 15.4 Å². The number of benzene rings is 1. The molecule has 2 N–H and O–H groups in total. The topological polar surface area (TPSA) is 107 Å².